The summed E-state index contributed by atoms with van der Waals surface area (Å²) >= 11 is 5.92. The molecule has 0 atom stereocenters. The number of rotatable bonds is 5. The number of halogens is 1. The Morgan fingerprint density at radius 2 is 2.04 bits per heavy atom. The van der Waals surface area contributed by atoms with Gasteiger partial charge in [-0.1, -0.05) is 11.6 Å². The number of benzene rings is 1. The summed E-state index contributed by atoms with van der Waals surface area (Å²) in [7, 11) is -1.06. The molecule has 0 saturated carbocycles. The SMILES string of the molecule is CN(C)S(=O)(=O)c1ccc(Cl)c(C(=O)OCC(=O)N2CCNC2=O)c1. The third-order valence-electron chi connectivity index (χ3n) is 3.42. The van der Waals surface area contributed by atoms with Crippen LogP contribution in [0.1, 0.15) is 10.4 Å². The maximum absolute atomic E-state index is 12.1. The highest BCUT2D eigenvalue weighted by Gasteiger charge is 2.27. The van der Waals surface area contributed by atoms with Gasteiger partial charge in [0.05, 0.1) is 15.5 Å². The third kappa shape index (κ3) is 4.09. The fourth-order valence-corrected chi connectivity index (χ4v) is 3.15. The fraction of sp³-hybridized carbons (Fsp3) is 0.357. The Morgan fingerprint density at radius 3 is 2.60 bits per heavy atom. The van der Waals surface area contributed by atoms with Gasteiger partial charge in [-0.2, -0.15) is 0 Å². The molecule has 0 aliphatic carbocycles. The highest BCUT2D eigenvalue weighted by molar-refractivity contribution is 7.89. The number of amides is 3. The molecule has 0 unspecified atom stereocenters. The van der Waals surface area contributed by atoms with Gasteiger partial charge in [-0.3, -0.25) is 9.69 Å². The molecule has 136 valence electrons. The predicted molar refractivity (Wildman–Crippen MR) is 87.7 cm³/mol. The first-order valence-corrected chi connectivity index (χ1v) is 8.94. The summed E-state index contributed by atoms with van der Waals surface area (Å²) in [5, 5.41) is 2.43. The molecule has 3 amide bonds. The van der Waals surface area contributed by atoms with E-state index in [0.717, 1.165) is 15.3 Å². The average Bonchev–Trinajstić information content (AvgIpc) is 2.98. The molecule has 1 aliphatic rings. The van der Waals surface area contributed by atoms with Crippen molar-refractivity contribution in [1.82, 2.24) is 14.5 Å². The zero-order valence-electron chi connectivity index (χ0n) is 13.5. The van der Waals surface area contributed by atoms with Crippen LogP contribution in [-0.2, 0) is 19.6 Å². The van der Waals surface area contributed by atoms with Crippen LogP contribution in [0.3, 0.4) is 0 Å². The van der Waals surface area contributed by atoms with Crippen molar-refractivity contribution < 1.29 is 27.5 Å². The maximum Gasteiger partial charge on any atom is 0.340 e. The maximum atomic E-state index is 12.1. The van der Waals surface area contributed by atoms with E-state index in [2.05, 4.69) is 5.32 Å². The van der Waals surface area contributed by atoms with Gasteiger partial charge in [-0.25, -0.2) is 22.3 Å². The van der Waals surface area contributed by atoms with Gasteiger partial charge in [0.2, 0.25) is 10.0 Å². The van der Waals surface area contributed by atoms with Crippen LogP contribution in [0.4, 0.5) is 4.79 Å². The van der Waals surface area contributed by atoms with Gasteiger partial charge < -0.3 is 10.1 Å². The van der Waals surface area contributed by atoms with E-state index in [0.29, 0.717) is 6.54 Å². The standard InChI is InChI=1S/C14H16ClN3O6S/c1-17(2)25(22,23)9-3-4-11(15)10(7-9)13(20)24-8-12(19)18-6-5-16-14(18)21/h3-4,7H,5-6,8H2,1-2H3,(H,16,21). The van der Waals surface area contributed by atoms with Crippen LogP contribution in [0.25, 0.3) is 0 Å². The Balaban J connectivity index is 2.14. The van der Waals surface area contributed by atoms with Crippen LogP contribution in [0.5, 0.6) is 0 Å². The fourth-order valence-electron chi connectivity index (χ4n) is 2.02. The lowest BCUT2D eigenvalue weighted by atomic mass is 10.2. The van der Waals surface area contributed by atoms with Gasteiger partial charge >= 0.3 is 12.0 Å². The quantitative estimate of drug-likeness (QED) is 0.724. The monoisotopic (exact) mass is 389 g/mol. The molecule has 25 heavy (non-hydrogen) atoms. The summed E-state index contributed by atoms with van der Waals surface area (Å²) in [5.41, 5.74) is -0.191. The molecule has 1 N–H and O–H groups in total. The number of esters is 1. The van der Waals surface area contributed by atoms with Crippen molar-refractivity contribution in [2.75, 3.05) is 33.8 Å². The number of imide groups is 1. The predicted octanol–water partition coefficient (Wildman–Crippen LogP) is 0.299. The highest BCUT2D eigenvalue weighted by Crippen LogP contribution is 2.23. The van der Waals surface area contributed by atoms with Crippen LogP contribution < -0.4 is 5.32 Å². The number of carbonyl (C=O) groups is 3. The summed E-state index contributed by atoms with van der Waals surface area (Å²) in [6, 6.07) is 3.03. The molecule has 9 nitrogen and oxygen atoms in total. The summed E-state index contributed by atoms with van der Waals surface area (Å²) < 4.78 is 30.1. The molecule has 0 spiro atoms. The van der Waals surface area contributed by atoms with Crippen LogP contribution >= 0.6 is 11.6 Å². The van der Waals surface area contributed by atoms with Gasteiger partial charge in [-0.15, -0.1) is 0 Å². The highest BCUT2D eigenvalue weighted by atomic mass is 35.5. The molecule has 0 aromatic heterocycles. The van der Waals surface area contributed by atoms with Crippen molar-refractivity contribution in [2.24, 2.45) is 0 Å². The lowest BCUT2D eigenvalue weighted by Crippen LogP contribution is -2.37. The van der Waals surface area contributed by atoms with Crippen LogP contribution in [0, 0.1) is 0 Å². The molecule has 1 saturated heterocycles. The number of sulfonamides is 1. The van der Waals surface area contributed by atoms with Gasteiger partial charge in [0, 0.05) is 27.2 Å². The van der Waals surface area contributed by atoms with E-state index < -0.39 is 34.5 Å². The second-order valence-corrected chi connectivity index (χ2v) is 7.84. The van der Waals surface area contributed by atoms with Crippen molar-refractivity contribution >= 4 is 39.5 Å². The van der Waals surface area contributed by atoms with E-state index >= 15 is 0 Å². The minimum absolute atomic E-state index is 0.0194. The topological polar surface area (TPSA) is 113 Å². The van der Waals surface area contributed by atoms with Crippen LogP contribution in [0.2, 0.25) is 5.02 Å². The number of hydrogen-bond acceptors (Lipinski definition) is 6. The Labute approximate surface area is 149 Å². The molecular weight excluding hydrogens is 374 g/mol. The van der Waals surface area contributed by atoms with Crippen molar-refractivity contribution in [1.29, 1.82) is 0 Å². The first kappa shape index (κ1) is 19.2. The molecule has 0 bridgehead atoms. The smallest absolute Gasteiger partial charge is 0.340 e. The molecule has 2 rings (SSSR count). The van der Waals surface area contributed by atoms with Crippen LogP contribution in [-0.4, -0.2) is 69.3 Å². The van der Waals surface area contributed by atoms with Crippen LogP contribution in [0.15, 0.2) is 23.1 Å². The second kappa shape index (κ2) is 7.38. The van der Waals surface area contributed by atoms with E-state index in [1.54, 1.807) is 0 Å². The Kier molecular flexibility index (Phi) is 5.65. The van der Waals surface area contributed by atoms with Crippen molar-refractivity contribution in [3.63, 3.8) is 0 Å². The zero-order valence-corrected chi connectivity index (χ0v) is 15.1. The Hall–Kier alpha value is -2.17. The van der Waals surface area contributed by atoms with Gasteiger partial charge in [0.25, 0.3) is 5.91 Å². The molecule has 1 aromatic carbocycles. The molecule has 1 fully saturated rings. The first-order valence-electron chi connectivity index (χ1n) is 7.12. The number of nitrogens with one attached hydrogen (secondary N) is 1. The second-order valence-electron chi connectivity index (χ2n) is 5.28. The zero-order chi connectivity index (χ0) is 18.8. The van der Waals surface area contributed by atoms with E-state index in [1.165, 1.54) is 26.2 Å². The summed E-state index contributed by atoms with van der Waals surface area (Å²) in [5.74, 6) is -1.65. The van der Waals surface area contributed by atoms with Crippen molar-refractivity contribution in [3.8, 4) is 0 Å². The first-order chi connectivity index (χ1) is 11.6. The number of nitrogens with zero attached hydrogens (tertiary/aromatic N) is 2. The minimum Gasteiger partial charge on any atom is -0.452 e. The lowest BCUT2D eigenvalue weighted by molar-refractivity contribution is -0.130. The summed E-state index contributed by atoms with van der Waals surface area (Å²) in [6.45, 7) is -0.144. The molecular formula is C14H16ClN3O6S. The molecule has 1 aliphatic heterocycles. The van der Waals surface area contributed by atoms with E-state index in [-0.39, 0.29) is 22.0 Å². The van der Waals surface area contributed by atoms with Gasteiger partial charge in [0.15, 0.2) is 6.61 Å². The number of hydrogen-bond donors (Lipinski definition) is 1. The van der Waals surface area contributed by atoms with E-state index in [9.17, 15) is 22.8 Å². The van der Waals surface area contributed by atoms with Crippen molar-refractivity contribution in [2.45, 2.75) is 4.90 Å². The minimum atomic E-state index is -3.76. The van der Waals surface area contributed by atoms with E-state index in [4.69, 9.17) is 16.3 Å². The summed E-state index contributed by atoms with van der Waals surface area (Å²) in [6.07, 6.45) is 0. The normalized spacial score (nSPS) is 14.6. The van der Waals surface area contributed by atoms with Gasteiger partial charge in [-0.05, 0) is 18.2 Å². The third-order valence-corrected chi connectivity index (χ3v) is 5.56. The molecule has 1 heterocycles. The molecule has 0 radical (unpaired) electrons. The Morgan fingerprint density at radius 1 is 1.36 bits per heavy atom. The molecule has 1 aromatic rings. The summed E-state index contributed by atoms with van der Waals surface area (Å²) in [4.78, 5) is 36.1. The number of urea groups is 1. The Bertz CT molecular complexity index is 824. The average molecular weight is 390 g/mol. The largest absolute Gasteiger partial charge is 0.452 e. The van der Waals surface area contributed by atoms with E-state index in [1.807, 2.05) is 0 Å². The number of ether oxygens (including phenoxy) is 1. The van der Waals surface area contributed by atoms with Crippen molar-refractivity contribution in [3.05, 3.63) is 28.8 Å². The lowest BCUT2D eigenvalue weighted by Gasteiger charge is -2.14. The molecule has 11 heteroatoms. The van der Waals surface area contributed by atoms with Gasteiger partial charge in [0.1, 0.15) is 0 Å². The number of carbonyl (C=O) groups excluding carboxylic acids is 3.